The molecule has 0 radical (unpaired) electrons. The van der Waals surface area contributed by atoms with Crippen molar-refractivity contribution in [2.75, 3.05) is 6.54 Å². The fourth-order valence-corrected chi connectivity index (χ4v) is 3.58. The van der Waals surface area contributed by atoms with Crippen molar-refractivity contribution in [2.45, 2.75) is 25.3 Å². The van der Waals surface area contributed by atoms with Crippen LogP contribution in [0.25, 0.3) is 0 Å². The Morgan fingerprint density at radius 2 is 1.62 bits per heavy atom. The normalized spacial score (nSPS) is 20.9. The van der Waals surface area contributed by atoms with Crippen LogP contribution in [-0.4, -0.2) is 40.5 Å². The molecule has 7 heteroatoms. The molecule has 2 aromatic rings. The molecule has 29 heavy (non-hydrogen) atoms. The molecule has 1 aliphatic carbocycles. The minimum atomic E-state index is -0.903. The predicted octanol–water partition coefficient (Wildman–Crippen LogP) is 2.28. The number of urea groups is 1. The lowest BCUT2D eigenvalue weighted by molar-refractivity contribution is -0.135. The van der Waals surface area contributed by atoms with E-state index in [-0.39, 0.29) is 18.4 Å². The molecule has 1 atom stereocenters. The van der Waals surface area contributed by atoms with Gasteiger partial charge in [0.15, 0.2) is 0 Å². The first-order valence-corrected chi connectivity index (χ1v) is 9.60. The number of nitrogens with zero attached hydrogens (tertiary/aromatic N) is 2. The maximum absolute atomic E-state index is 12.7. The third-order valence-corrected chi connectivity index (χ3v) is 5.38. The average Bonchev–Trinajstić information content (AvgIpc) is 3.56. The molecule has 2 fully saturated rings. The highest BCUT2D eigenvalue weighted by molar-refractivity contribution is 6.13. The highest BCUT2D eigenvalue weighted by Crippen LogP contribution is 2.42. The Kier molecular flexibility index (Phi) is 4.88. The van der Waals surface area contributed by atoms with Gasteiger partial charge >= 0.3 is 6.03 Å². The zero-order valence-electron chi connectivity index (χ0n) is 16.1. The van der Waals surface area contributed by atoms with Crippen molar-refractivity contribution in [3.8, 4) is 0 Å². The molecule has 1 saturated carbocycles. The SMILES string of the molecule is CC1(C2CC2)NC(=O)N(CC(=O)NN=C(c2ccccc2)c2ccccc2)C1=O. The van der Waals surface area contributed by atoms with Gasteiger partial charge in [-0.1, -0.05) is 60.7 Å². The number of hydrazone groups is 1. The lowest BCUT2D eigenvalue weighted by atomic mass is 9.96. The molecule has 148 valence electrons. The van der Waals surface area contributed by atoms with Gasteiger partial charge in [0, 0.05) is 11.1 Å². The molecule has 0 aromatic heterocycles. The number of amides is 4. The monoisotopic (exact) mass is 390 g/mol. The maximum Gasteiger partial charge on any atom is 0.325 e. The summed E-state index contributed by atoms with van der Waals surface area (Å²) in [6, 6.07) is 18.4. The molecule has 1 aliphatic heterocycles. The summed E-state index contributed by atoms with van der Waals surface area (Å²) in [5, 5.41) is 7.02. The Bertz CT molecular complexity index is 929. The van der Waals surface area contributed by atoms with Crippen LogP contribution in [-0.2, 0) is 9.59 Å². The molecule has 1 unspecified atom stereocenters. The van der Waals surface area contributed by atoms with Crippen LogP contribution in [0.15, 0.2) is 65.8 Å². The van der Waals surface area contributed by atoms with Crippen molar-refractivity contribution < 1.29 is 14.4 Å². The van der Waals surface area contributed by atoms with Gasteiger partial charge in [0.2, 0.25) is 0 Å². The van der Waals surface area contributed by atoms with E-state index in [1.807, 2.05) is 60.7 Å². The number of imide groups is 1. The summed E-state index contributed by atoms with van der Waals surface area (Å²) >= 11 is 0. The van der Waals surface area contributed by atoms with Crippen molar-refractivity contribution in [3.63, 3.8) is 0 Å². The van der Waals surface area contributed by atoms with E-state index in [2.05, 4.69) is 15.8 Å². The van der Waals surface area contributed by atoms with Crippen LogP contribution in [0.4, 0.5) is 4.79 Å². The highest BCUT2D eigenvalue weighted by Gasteiger charge is 2.56. The molecule has 1 saturated heterocycles. The van der Waals surface area contributed by atoms with E-state index in [0.29, 0.717) is 5.71 Å². The molecule has 2 aromatic carbocycles. The molecular formula is C22H22N4O3. The fourth-order valence-electron chi connectivity index (χ4n) is 3.58. The zero-order valence-corrected chi connectivity index (χ0v) is 16.1. The molecular weight excluding hydrogens is 368 g/mol. The van der Waals surface area contributed by atoms with Gasteiger partial charge in [-0.05, 0) is 25.7 Å². The summed E-state index contributed by atoms with van der Waals surface area (Å²) in [6.45, 7) is 1.36. The first kappa shape index (κ1) is 18.9. The second-order valence-electron chi connectivity index (χ2n) is 7.53. The number of hydrogen-bond acceptors (Lipinski definition) is 4. The summed E-state index contributed by atoms with van der Waals surface area (Å²) in [5.41, 5.74) is 3.87. The van der Waals surface area contributed by atoms with Crippen molar-refractivity contribution in [1.29, 1.82) is 0 Å². The smallest absolute Gasteiger partial charge is 0.323 e. The number of benzene rings is 2. The fraction of sp³-hybridized carbons (Fsp3) is 0.273. The Balaban J connectivity index is 1.50. The highest BCUT2D eigenvalue weighted by atomic mass is 16.2. The van der Waals surface area contributed by atoms with Crippen LogP contribution in [0.1, 0.15) is 30.9 Å². The Hall–Kier alpha value is -3.48. The molecule has 2 aliphatic rings. The molecule has 0 bridgehead atoms. The first-order chi connectivity index (χ1) is 14.0. The van der Waals surface area contributed by atoms with Crippen LogP contribution in [0.5, 0.6) is 0 Å². The van der Waals surface area contributed by atoms with Crippen LogP contribution in [0, 0.1) is 5.92 Å². The zero-order chi connectivity index (χ0) is 20.4. The lowest BCUT2D eigenvalue weighted by Gasteiger charge is -2.20. The molecule has 1 heterocycles. The number of nitrogens with one attached hydrogen (secondary N) is 2. The van der Waals surface area contributed by atoms with Crippen molar-refractivity contribution in [3.05, 3.63) is 71.8 Å². The summed E-state index contributed by atoms with van der Waals surface area (Å²) in [5.74, 6) is -0.735. The molecule has 0 spiro atoms. The lowest BCUT2D eigenvalue weighted by Crippen LogP contribution is -2.46. The summed E-state index contributed by atoms with van der Waals surface area (Å²) in [6.07, 6.45) is 1.81. The minimum absolute atomic E-state index is 0.146. The second-order valence-corrected chi connectivity index (χ2v) is 7.53. The van der Waals surface area contributed by atoms with E-state index in [0.717, 1.165) is 28.9 Å². The van der Waals surface area contributed by atoms with Crippen LogP contribution < -0.4 is 10.7 Å². The van der Waals surface area contributed by atoms with E-state index >= 15 is 0 Å². The Labute approximate surface area is 168 Å². The van der Waals surface area contributed by atoms with Crippen LogP contribution in [0.2, 0.25) is 0 Å². The van der Waals surface area contributed by atoms with Gasteiger partial charge in [0.05, 0.1) is 5.71 Å². The van der Waals surface area contributed by atoms with Gasteiger partial charge < -0.3 is 5.32 Å². The topological polar surface area (TPSA) is 90.9 Å². The van der Waals surface area contributed by atoms with Gasteiger partial charge in [-0.25, -0.2) is 10.2 Å². The quantitative estimate of drug-likeness (QED) is 0.450. The average molecular weight is 390 g/mol. The molecule has 4 rings (SSSR count). The molecule has 7 nitrogen and oxygen atoms in total. The summed E-state index contributed by atoms with van der Waals surface area (Å²) < 4.78 is 0. The van der Waals surface area contributed by atoms with Gasteiger partial charge in [0.25, 0.3) is 11.8 Å². The van der Waals surface area contributed by atoms with Crippen LogP contribution in [0.3, 0.4) is 0 Å². The van der Waals surface area contributed by atoms with Crippen molar-refractivity contribution >= 4 is 23.6 Å². The minimum Gasteiger partial charge on any atom is -0.323 e. The molecule has 4 amide bonds. The first-order valence-electron chi connectivity index (χ1n) is 9.60. The largest absolute Gasteiger partial charge is 0.325 e. The Morgan fingerprint density at radius 1 is 1.07 bits per heavy atom. The van der Waals surface area contributed by atoms with E-state index in [1.165, 1.54) is 0 Å². The Morgan fingerprint density at radius 3 is 2.14 bits per heavy atom. The number of rotatable bonds is 6. The van der Waals surface area contributed by atoms with Gasteiger partial charge in [0.1, 0.15) is 12.1 Å². The number of carbonyl (C=O) groups is 3. The standard InChI is InChI=1S/C22H22N4O3/c1-22(17-12-13-17)20(28)26(21(29)23-22)14-18(27)24-25-19(15-8-4-2-5-9-15)16-10-6-3-7-11-16/h2-11,17H,12-14H2,1H3,(H,23,29)(H,24,27). The maximum atomic E-state index is 12.7. The number of hydrogen-bond donors (Lipinski definition) is 2. The van der Waals surface area contributed by atoms with Crippen LogP contribution >= 0.6 is 0 Å². The van der Waals surface area contributed by atoms with E-state index < -0.39 is 17.5 Å². The summed E-state index contributed by atoms with van der Waals surface area (Å²) in [4.78, 5) is 38.3. The number of carbonyl (C=O) groups excluding carboxylic acids is 3. The second kappa shape index (κ2) is 7.50. The van der Waals surface area contributed by atoms with Gasteiger partial charge in [-0.15, -0.1) is 0 Å². The van der Waals surface area contributed by atoms with E-state index in [4.69, 9.17) is 0 Å². The third kappa shape index (κ3) is 3.76. The van der Waals surface area contributed by atoms with Crippen molar-refractivity contribution in [2.24, 2.45) is 11.0 Å². The summed E-state index contributed by atoms with van der Waals surface area (Å²) in [7, 11) is 0. The van der Waals surface area contributed by atoms with Gasteiger partial charge in [-0.3, -0.25) is 14.5 Å². The third-order valence-electron chi connectivity index (χ3n) is 5.38. The van der Waals surface area contributed by atoms with E-state index in [1.54, 1.807) is 6.92 Å². The van der Waals surface area contributed by atoms with Crippen molar-refractivity contribution in [1.82, 2.24) is 15.6 Å². The predicted molar refractivity (Wildman–Crippen MR) is 108 cm³/mol. The van der Waals surface area contributed by atoms with Gasteiger partial charge in [-0.2, -0.15) is 5.10 Å². The van der Waals surface area contributed by atoms with E-state index in [9.17, 15) is 14.4 Å². The molecule has 2 N–H and O–H groups in total.